The number of ether oxygens (including phenoxy) is 3. The average Bonchev–Trinajstić information content (AvgIpc) is 3.35. The van der Waals surface area contributed by atoms with E-state index in [1.165, 1.54) is 4.68 Å². The van der Waals surface area contributed by atoms with Gasteiger partial charge in [0.2, 0.25) is 6.79 Å². The van der Waals surface area contributed by atoms with Crippen molar-refractivity contribution in [2.45, 2.75) is 32.8 Å². The summed E-state index contributed by atoms with van der Waals surface area (Å²) in [4.78, 5) is 17.9. The monoisotopic (exact) mass is 567 g/mol. The van der Waals surface area contributed by atoms with Crippen LogP contribution >= 0.6 is 27.5 Å². The van der Waals surface area contributed by atoms with Gasteiger partial charge in [0.05, 0.1) is 22.1 Å². The largest absolute Gasteiger partial charge is 0.487 e. The molecule has 0 bridgehead atoms. The lowest BCUT2D eigenvalue weighted by atomic mass is 10.2. The van der Waals surface area contributed by atoms with Crippen LogP contribution in [0, 0.1) is 0 Å². The van der Waals surface area contributed by atoms with Crippen LogP contribution in [-0.2, 0) is 13.0 Å². The van der Waals surface area contributed by atoms with Crippen LogP contribution in [0.4, 0.5) is 0 Å². The number of aryl methyl sites for hydroxylation is 1. The molecule has 0 saturated heterocycles. The Kier molecular flexibility index (Phi) is 7.25. The molecule has 0 aliphatic carbocycles. The summed E-state index contributed by atoms with van der Waals surface area (Å²) >= 11 is 9.91. The molecule has 3 aromatic carbocycles. The number of halogens is 2. The molecule has 2 heterocycles. The molecule has 1 aromatic heterocycles. The third kappa shape index (κ3) is 5.24. The number of hydrogen-bond donors (Lipinski definition) is 0. The van der Waals surface area contributed by atoms with Crippen molar-refractivity contribution >= 4 is 44.6 Å². The van der Waals surface area contributed by atoms with Crippen LogP contribution in [0.25, 0.3) is 10.9 Å². The summed E-state index contributed by atoms with van der Waals surface area (Å²) in [5.41, 5.74) is 2.12. The van der Waals surface area contributed by atoms with E-state index in [9.17, 15) is 4.79 Å². The molecular formula is C27H23BrClN3O4. The van der Waals surface area contributed by atoms with Crippen molar-refractivity contribution in [3.05, 3.63) is 91.4 Å². The quantitative estimate of drug-likeness (QED) is 0.232. The summed E-state index contributed by atoms with van der Waals surface area (Å²) in [5, 5.41) is 5.43. The van der Waals surface area contributed by atoms with Crippen LogP contribution in [0.15, 0.2) is 69.0 Å². The average molecular weight is 569 g/mol. The fourth-order valence-corrected chi connectivity index (χ4v) is 4.45. The molecule has 184 valence electrons. The van der Waals surface area contributed by atoms with Gasteiger partial charge in [0.25, 0.3) is 5.56 Å². The molecule has 7 nitrogen and oxygen atoms in total. The molecule has 1 aliphatic heterocycles. The predicted molar refractivity (Wildman–Crippen MR) is 144 cm³/mol. The predicted octanol–water partition coefficient (Wildman–Crippen LogP) is 6.34. The Morgan fingerprint density at radius 1 is 1.14 bits per heavy atom. The highest BCUT2D eigenvalue weighted by Crippen LogP contribution is 2.33. The molecule has 0 unspecified atom stereocenters. The fraction of sp³-hybridized carbons (Fsp3) is 0.222. The number of nitrogens with zero attached hydrogens (tertiary/aromatic N) is 3. The molecule has 0 N–H and O–H groups in total. The van der Waals surface area contributed by atoms with Gasteiger partial charge in [-0.25, -0.2) is 4.98 Å². The second kappa shape index (κ2) is 10.7. The van der Waals surface area contributed by atoms with Crippen molar-refractivity contribution in [1.82, 2.24) is 9.66 Å². The lowest BCUT2D eigenvalue weighted by Gasteiger charge is -2.10. The van der Waals surface area contributed by atoms with Crippen LogP contribution in [0.3, 0.4) is 0 Å². The van der Waals surface area contributed by atoms with E-state index < -0.39 is 0 Å². The van der Waals surface area contributed by atoms with Crippen LogP contribution in [0.2, 0.25) is 5.02 Å². The molecule has 1 aliphatic rings. The van der Waals surface area contributed by atoms with E-state index in [0.29, 0.717) is 46.3 Å². The zero-order chi connectivity index (χ0) is 25.1. The molecular weight excluding hydrogens is 546 g/mol. The zero-order valence-corrected chi connectivity index (χ0v) is 21.9. The number of fused-ring (bicyclic) bond motifs is 2. The molecule has 36 heavy (non-hydrogen) atoms. The van der Waals surface area contributed by atoms with Gasteiger partial charge in [0.15, 0.2) is 11.5 Å². The van der Waals surface area contributed by atoms with Gasteiger partial charge in [-0.3, -0.25) is 4.79 Å². The number of aromatic nitrogens is 2. The van der Waals surface area contributed by atoms with E-state index in [1.807, 2.05) is 36.4 Å². The molecule has 9 heteroatoms. The maximum absolute atomic E-state index is 13.2. The minimum Gasteiger partial charge on any atom is -0.487 e. The van der Waals surface area contributed by atoms with Gasteiger partial charge in [0, 0.05) is 10.9 Å². The molecule has 4 aromatic rings. The second-order valence-electron chi connectivity index (χ2n) is 8.32. The molecule has 5 rings (SSSR count). The lowest BCUT2D eigenvalue weighted by molar-refractivity contribution is 0.174. The van der Waals surface area contributed by atoms with E-state index in [1.54, 1.807) is 24.4 Å². The number of unbranched alkanes of at least 4 members (excludes halogenated alkanes) is 1. The normalized spacial score (nSPS) is 12.5. The molecule has 0 spiro atoms. The lowest BCUT2D eigenvalue weighted by Crippen LogP contribution is -2.22. The second-order valence-corrected chi connectivity index (χ2v) is 9.64. The van der Waals surface area contributed by atoms with Gasteiger partial charge in [-0.15, -0.1) is 0 Å². The van der Waals surface area contributed by atoms with Crippen molar-refractivity contribution in [2.75, 3.05) is 6.79 Å². The van der Waals surface area contributed by atoms with E-state index in [4.69, 9.17) is 30.8 Å². The van der Waals surface area contributed by atoms with Crippen molar-refractivity contribution in [3.63, 3.8) is 0 Å². The summed E-state index contributed by atoms with van der Waals surface area (Å²) in [6, 6.07) is 16.5. The van der Waals surface area contributed by atoms with Crippen LogP contribution in [0.1, 0.15) is 36.7 Å². The van der Waals surface area contributed by atoms with Crippen molar-refractivity contribution in [3.8, 4) is 17.2 Å². The van der Waals surface area contributed by atoms with E-state index in [-0.39, 0.29) is 12.4 Å². The first kappa shape index (κ1) is 24.3. The molecule has 0 atom stereocenters. The van der Waals surface area contributed by atoms with Crippen LogP contribution in [0.5, 0.6) is 17.2 Å². The summed E-state index contributed by atoms with van der Waals surface area (Å²) in [5.74, 6) is 2.61. The van der Waals surface area contributed by atoms with Crippen molar-refractivity contribution in [1.29, 1.82) is 0 Å². The Balaban J connectivity index is 1.37. The van der Waals surface area contributed by atoms with Crippen molar-refractivity contribution < 1.29 is 14.2 Å². The fourth-order valence-electron chi connectivity index (χ4n) is 3.84. The molecule has 0 amide bonds. The van der Waals surface area contributed by atoms with Gasteiger partial charge in [0.1, 0.15) is 18.2 Å². The topological polar surface area (TPSA) is 74.9 Å². The highest BCUT2D eigenvalue weighted by atomic mass is 79.9. The molecule has 0 radical (unpaired) electrons. The first-order valence-corrected chi connectivity index (χ1v) is 12.8. The van der Waals surface area contributed by atoms with Crippen LogP contribution in [-0.4, -0.2) is 22.7 Å². The van der Waals surface area contributed by atoms with Crippen molar-refractivity contribution in [2.24, 2.45) is 5.10 Å². The Labute approximate surface area is 221 Å². The maximum Gasteiger partial charge on any atom is 0.282 e. The van der Waals surface area contributed by atoms with E-state index in [2.05, 4.69) is 28.0 Å². The highest BCUT2D eigenvalue weighted by molar-refractivity contribution is 9.10. The van der Waals surface area contributed by atoms with Gasteiger partial charge in [-0.2, -0.15) is 9.78 Å². The zero-order valence-electron chi connectivity index (χ0n) is 19.5. The number of rotatable bonds is 8. The highest BCUT2D eigenvalue weighted by Gasteiger charge is 2.14. The number of benzene rings is 3. The third-order valence-corrected chi connectivity index (χ3v) is 6.53. The molecule has 0 fully saturated rings. The third-order valence-electron chi connectivity index (χ3n) is 5.74. The first-order chi connectivity index (χ1) is 17.5. The van der Waals surface area contributed by atoms with Crippen LogP contribution < -0.4 is 19.8 Å². The smallest absolute Gasteiger partial charge is 0.282 e. The summed E-state index contributed by atoms with van der Waals surface area (Å²) < 4.78 is 18.8. The van der Waals surface area contributed by atoms with Gasteiger partial charge < -0.3 is 14.2 Å². The van der Waals surface area contributed by atoms with Gasteiger partial charge >= 0.3 is 0 Å². The summed E-state index contributed by atoms with van der Waals surface area (Å²) in [6.45, 7) is 2.66. The Morgan fingerprint density at radius 2 is 2.00 bits per heavy atom. The Hall–Kier alpha value is -3.36. The molecule has 0 saturated carbocycles. The minimum atomic E-state index is -0.210. The Bertz CT molecular complexity index is 1520. The Morgan fingerprint density at radius 3 is 2.83 bits per heavy atom. The van der Waals surface area contributed by atoms with E-state index >= 15 is 0 Å². The summed E-state index contributed by atoms with van der Waals surface area (Å²) in [7, 11) is 0. The van der Waals surface area contributed by atoms with Gasteiger partial charge in [-0.05, 0) is 66.1 Å². The SMILES string of the molecule is CCCCc1nc2ccc(Br)cc2c(=O)n1N=Cc1ccc(OCc2ccc3c(c2)OCO3)c(Cl)c1. The van der Waals surface area contributed by atoms with E-state index in [0.717, 1.165) is 34.2 Å². The first-order valence-electron chi connectivity index (χ1n) is 11.6. The number of hydrogen-bond acceptors (Lipinski definition) is 6. The maximum atomic E-state index is 13.2. The minimum absolute atomic E-state index is 0.210. The van der Waals surface area contributed by atoms with Gasteiger partial charge in [-0.1, -0.05) is 46.9 Å². The standard InChI is InChI=1S/C27H23BrClN3O4/c1-2-3-4-26-31-22-8-7-19(28)13-20(22)27(33)32(26)30-14-17-5-9-23(21(29)11-17)34-15-18-6-10-24-25(12-18)36-16-35-24/h5-14H,2-4,15-16H2,1H3. The summed E-state index contributed by atoms with van der Waals surface area (Å²) in [6.07, 6.45) is 4.16.